The molecule has 0 radical (unpaired) electrons. The van der Waals surface area contributed by atoms with Crippen LogP contribution in [0, 0.1) is 5.92 Å². The van der Waals surface area contributed by atoms with Crippen molar-refractivity contribution < 1.29 is 14.3 Å². The van der Waals surface area contributed by atoms with Gasteiger partial charge in [-0.2, -0.15) is 0 Å². The average Bonchev–Trinajstić information content (AvgIpc) is 2.29. The Kier molecular flexibility index (Phi) is 9.66. The number of rotatable bonds is 9. The second-order valence-corrected chi connectivity index (χ2v) is 4.98. The zero-order chi connectivity index (χ0) is 14.0. The fraction of sp³-hybridized carbons (Fsp3) is 0.800. The van der Waals surface area contributed by atoms with Gasteiger partial charge in [0.15, 0.2) is 0 Å². The average molecular weight is 256 g/mol. The number of esters is 1. The monoisotopic (exact) mass is 256 g/mol. The maximum absolute atomic E-state index is 12.0. The normalized spacial score (nSPS) is 12.6. The first-order chi connectivity index (χ1) is 8.52. The molecule has 0 saturated heterocycles. The minimum absolute atomic E-state index is 0.213. The topological polar surface area (TPSA) is 35.5 Å². The van der Waals surface area contributed by atoms with Crippen molar-refractivity contribution in [2.75, 3.05) is 19.8 Å². The van der Waals surface area contributed by atoms with Crippen molar-refractivity contribution in [3.8, 4) is 0 Å². The number of ether oxygens (including phenoxy) is 2. The summed E-state index contributed by atoms with van der Waals surface area (Å²) < 4.78 is 10.6. The lowest BCUT2D eigenvalue weighted by Gasteiger charge is -2.13. The highest BCUT2D eigenvalue weighted by atomic mass is 16.5. The number of allylic oxidation sites excluding steroid dienone is 1. The van der Waals surface area contributed by atoms with Crippen LogP contribution in [0.25, 0.3) is 0 Å². The number of hydrogen-bond donors (Lipinski definition) is 0. The van der Waals surface area contributed by atoms with Gasteiger partial charge in [-0.1, -0.05) is 32.8 Å². The SMILES string of the molecule is CCCCOC(=O)C(COCC)=C(C)CC(C)C. The molecule has 0 fully saturated rings. The number of carbonyl (C=O) groups is 1. The molecule has 0 aromatic heterocycles. The van der Waals surface area contributed by atoms with Crippen LogP contribution < -0.4 is 0 Å². The van der Waals surface area contributed by atoms with E-state index >= 15 is 0 Å². The van der Waals surface area contributed by atoms with Crippen LogP contribution in [0.3, 0.4) is 0 Å². The Hall–Kier alpha value is -0.830. The minimum atomic E-state index is -0.213. The number of carbonyl (C=O) groups excluding carboxylic acids is 1. The summed E-state index contributed by atoms with van der Waals surface area (Å²) in [5, 5.41) is 0. The summed E-state index contributed by atoms with van der Waals surface area (Å²) in [6, 6.07) is 0. The van der Waals surface area contributed by atoms with Gasteiger partial charge in [0.1, 0.15) is 0 Å². The molecule has 0 bridgehead atoms. The summed E-state index contributed by atoms with van der Waals surface area (Å²) in [6.07, 6.45) is 2.85. The highest BCUT2D eigenvalue weighted by Crippen LogP contribution is 2.16. The van der Waals surface area contributed by atoms with Crippen LogP contribution in [0.4, 0.5) is 0 Å². The molecule has 0 aromatic carbocycles. The molecule has 0 heterocycles. The predicted molar refractivity (Wildman–Crippen MR) is 74.5 cm³/mol. The first-order valence-electron chi connectivity index (χ1n) is 6.96. The van der Waals surface area contributed by atoms with E-state index in [1.165, 1.54) is 0 Å². The smallest absolute Gasteiger partial charge is 0.336 e. The maximum atomic E-state index is 12.0. The van der Waals surface area contributed by atoms with Crippen molar-refractivity contribution in [2.45, 2.75) is 53.9 Å². The van der Waals surface area contributed by atoms with E-state index in [4.69, 9.17) is 9.47 Å². The van der Waals surface area contributed by atoms with E-state index in [0.29, 0.717) is 31.3 Å². The zero-order valence-corrected chi connectivity index (χ0v) is 12.5. The van der Waals surface area contributed by atoms with Crippen LogP contribution in [0.5, 0.6) is 0 Å². The Morgan fingerprint density at radius 3 is 2.39 bits per heavy atom. The molecule has 0 amide bonds. The molecule has 0 aliphatic rings. The molecule has 0 unspecified atom stereocenters. The zero-order valence-electron chi connectivity index (χ0n) is 12.5. The van der Waals surface area contributed by atoms with E-state index < -0.39 is 0 Å². The molecular formula is C15H28O3. The Bertz CT molecular complexity index is 267. The molecule has 18 heavy (non-hydrogen) atoms. The van der Waals surface area contributed by atoms with Crippen molar-refractivity contribution >= 4 is 5.97 Å². The lowest BCUT2D eigenvalue weighted by Crippen LogP contribution is -2.16. The minimum Gasteiger partial charge on any atom is -0.462 e. The molecule has 0 N–H and O–H groups in total. The quantitative estimate of drug-likeness (QED) is 0.358. The maximum Gasteiger partial charge on any atom is 0.336 e. The summed E-state index contributed by atoms with van der Waals surface area (Å²) in [5.41, 5.74) is 1.78. The van der Waals surface area contributed by atoms with Crippen molar-refractivity contribution in [2.24, 2.45) is 5.92 Å². The summed E-state index contributed by atoms with van der Waals surface area (Å²) in [7, 11) is 0. The van der Waals surface area contributed by atoms with Gasteiger partial charge in [-0.05, 0) is 32.6 Å². The molecule has 0 aliphatic carbocycles. The van der Waals surface area contributed by atoms with Crippen LogP contribution in [-0.2, 0) is 14.3 Å². The van der Waals surface area contributed by atoms with Crippen molar-refractivity contribution in [1.29, 1.82) is 0 Å². The van der Waals surface area contributed by atoms with Crippen molar-refractivity contribution in [3.05, 3.63) is 11.1 Å². The predicted octanol–water partition coefficient (Wildman–Crippen LogP) is 3.73. The van der Waals surface area contributed by atoms with Gasteiger partial charge in [-0.15, -0.1) is 0 Å². The van der Waals surface area contributed by atoms with Gasteiger partial charge in [-0.25, -0.2) is 4.79 Å². The number of unbranched alkanes of at least 4 members (excludes halogenated alkanes) is 1. The Labute approximate surface area is 112 Å². The first kappa shape index (κ1) is 17.2. The van der Waals surface area contributed by atoms with Crippen LogP contribution in [0.2, 0.25) is 0 Å². The van der Waals surface area contributed by atoms with E-state index in [9.17, 15) is 4.79 Å². The molecular weight excluding hydrogens is 228 g/mol. The van der Waals surface area contributed by atoms with Crippen LogP contribution in [0.1, 0.15) is 53.9 Å². The Balaban J connectivity index is 4.59. The van der Waals surface area contributed by atoms with Gasteiger partial charge in [0.05, 0.1) is 18.8 Å². The van der Waals surface area contributed by atoms with E-state index in [1.54, 1.807) is 0 Å². The van der Waals surface area contributed by atoms with E-state index in [1.807, 2.05) is 13.8 Å². The number of hydrogen-bond acceptors (Lipinski definition) is 3. The van der Waals surface area contributed by atoms with Gasteiger partial charge in [0, 0.05) is 6.61 Å². The summed E-state index contributed by atoms with van der Waals surface area (Å²) >= 11 is 0. The van der Waals surface area contributed by atoms with Gasteiger partial charge >= 0.3 is 5.97 Å². The van der Waals surface area contributed by atoms with E-state index in [2.05, 4.69) is 20.8 Å². The third-order valence-corrected chi connectivity index (χ3v) is 2.66. The van der Waals surface area contributed by atoms with Gasteiger partial charge in [0.2, 0.25) is 0 Å². The summed E-state index contributed by atoms with van der Waals surface area (Å²) in [6.45, 7) is 11.8. The molecule has 0 aromatic rings. The fourth-order valence-electron chi connectivity index (χ4n) is 1.69. The third kappa shape index (κ3) is 7.49. The van der Waals surface area contributed by atoms with E-state index in [0.717, 1.165) is 24.8 Å². The van der Waals surface area contributed by atoms with Gasteiger partial charge in [0.25, 0.3) is 0 Å². The Morgan fingerprint density at radius 2 is 1.89 bits per heavy atom. The lowest BCUT2D eigenvalue weighted by molar-refractivity contribution is -0.139. The summed E-state index contributed by atoms with van der Waals surface area (Å²) in [4.78, 5) is 12.0. The molecule has 0 saturated carbocycles. The second-order valence-electron chi connectivity index (χ2n) is 4.98. The second kappa shape index (κ2) is 10.1. The molecule has 106 valence electrons. The highest BCUT2D eigenvalue weighted by molar-refractivity contribution is 5.89. The molecule has 0 spiro atoms. The van der Waals surface area contributed by atoms with Crippen LogP contribution >= 0.6 is 0 Å². The standard InChI is InChI=1S/C15H28O3/c1-6-8-9-18-15(16)14(11-17-7-2)13(5)10-12(3)4/h12H,6-11H2,1-5H3. The molecule has 0 rings (SSSR count). The van der Waals surface area contributed by atoms with Gasteiger partial charge in [-0.3, -0.25) is 0 Å². The lowest BCUT2D eigenvalue weighted by atomic mass is 10.00. The van der Waals surface area contributed by atoms with Crippen LogP contribution in [-0.4, -0.2) is 25.8 Å². The van der Waals surface area contributed by atoms with E-state index in [-0.39, 0.29) is 5.97 Å². The molecule has 0 atom stereocenters. The Morgan fingerprint density at radius 1 is 1.22 bits per heavy atom. The molecule has 0 aliphatic heterocycles. The third-order valence-electron chi connectivity index (χ3n) is 2.66. The fourth-order valence-corrected chi connectivity index (χ4v) is 1.69. The summed E-state index contributed by atoms with van der Waals surface area (Å²) in [5.74, 6) is 0.320. The largest absolute Gasteiger partial charge is 0.462 e. The first-order valence-corrected chi connectivity index (χ1v) is 6.96. The highest BCUT2D eigenvalue weighted by Gasteiger charge is 2.15. The van der Waals surface area contributed by atoms with Gasteiger partial charge < -0.3 is 9.47 Å². The molecule has 3 heteroatoms. The van der Waals surface area contributed by atoms with Crippen molar-refractivity contribution in [1.82, 2.24) is 0 Å². The van der Waals surface area contributed by atoms with Crippen molar-refractivity contribution in [3.63, 3.8) is 0 Å². The molecule has 3 nitrogen and oxygen atoms in total. The van der Waals surface area contributed by atoms with Crippen LogP contribution in [0.15, 0.2) is 11.1 Å².